The van der Waals surface area contributed by atoms with Crippen LogP contribution in [-0.4, -0.2) is 33.3 Å². The van der Waals surface area contributed by atoms with Gasteiger partial charge in [-0.25, -0.2) is 0 Å². The van der Waals surface area contributed by atoms with E-state index in [1.165, 1.54) is 12.1 Å². The normalized spacial score (nSPS) is 23.4. The number of anilines is 1. The molecule has 0 amide bonds. The van der Waals surface area contributed by atoms with Gasteiger partial charge in [-0.3, -0.25) is 0 Å². The maximum atomic E-state index is 6.19. The SMILES string of the molecule is CNCC1CCN(c2ccc(OC)c(Cl)c2)C1C. The Hall–Kier alpha value is -0.930. The molecule has 18 heavy (non-hydrogen) atoms. The first-order chi connectivity index (χ1) is 8.67. The van der Waals surface area contributed by atoms with Crippen LogP contribution < -0.4 is 15.0 Å². The van der Waals surface area contributed by atoms with Crippen LogP contribution in [0.1, 0.15) is 13.3 Å². The number of hydrogen-bond acceptors (Lipinski definition) is 3. The molecule has 1 aliphatic heterocycles. The second kappa shape index (κ2) is 5.81. The molecule has 2 atom stereocenters. The first kappa shape index (κ1) is 13.5. The number of methoxy groups -OCH3 is 1. The lowest BCUT2D eigenvalue weighted by Crippen LogP contribution is -2.33. The van der Waals surface area contributed by atoms with E-state index in [4.69, 9.17) is 16.3 Å². The number of nitrogens with zero attached hydrogens (tertiary/aromatic N) is 1. The van der Waals surface area contributed by atoms with Gasteiger partial charge in [0.2, 0.25) is 0 Å². The standard InChI is InChI=1S/C14H21ClN2O/c1-10-11(9-16-2)6-7-17(10)12-4-5-14(18-3)13(15)8-12/h4-5,8,10-11,16H,6-7,9H2,1-3H3. The van der Waals surface area contributed by atoms with Gasteiger partial charge < -0.3 is 15.0 Å². The number of hydrogen-bond donors (Lipinski definition) is 1. The van der Waals surface area contributed by atoms with Crippen LogP contribution in [0.5, 0.6) is 5.75 Å². The summed E-state index contributed by atoms with van der Waals surface area (Å²) < 4.78 is 5.19. The topological polar surface area (TPSA) is 24.5 Å². The minimum atomic E-state index is 0.543. The first-order valence-electron chi connectivity index (χ1n) is 6.42. The Labute approximate surface area is 114 Å². The zero-order valence-electron chi connectivity index (χ0n) is 11.2. The molecule has 0 bridgehead atoms. The number of nitrogens with one attached hydrogen (secondary N) is 1. The number of halogens is 1. The maximum absolute atomic E-state index is 6.19. The molecule has 1 N–H and O–H groups in total. The van der Waals surface area contributed by atoms with E-state index < -0.39 is 0 Å². The summed E-state index contributed by atoms with van der Waals surface area (Å²) in [6.07, 6.45) is 1.23. The zero-order valence-corrected chi connectivity index (χ0v) is 12.0. The van der Waals surface area contributed by atoms with Crippen molar-refractivity contribution in [2.24, 2.45) is 5.92 Å². The Balaban J connectivity index is 2.15. The summed E-state index contributed by atoms with van der Waals surface area (Å²) in [5.41, 5.74) is 1.19. The molecule has 0 radical (unpaired) electrons. The Kier molecular flexibility index (Phi) is 4.36. The van der Waals surface area contributed by atoms with E-state index in [-0.39, 0.29) is 0 Å². The van der Waals surface area contributed by atoms with Crippen molar-refractivity contribution in [2.75, 3.05) is 32.1 Å². The Morgan fingerprint density at radius 2 is 2.28 bits per heavy atom. The molecular weight excluding hydrogens is 248 g/mol. The summed E-state index contributed by atoms with van der Waals surface area (Å²) in [5, 5.41) is 3.95. The summed E-state index contributed by atoms with van der Waals surface area (Å²) in [7, 11) is 3.65. The van der Waals surface area contributed by atoms with E-state index in [0.717, 1.165) is 18.8 Å². The average molecular weight is 269 g/mol. The van der Waals surface area contributed by atoms with Crippen LogP contribution >= 0.6 is 11.6 Å². The van der Waals surface area contributed by atoms with E-state index in [1.807, 2.05) is 19.2 Å². The summed E-state index contributed by atoms with van der Waals surface area (Å²) in [4.78, 5) is 2.42. The van der Waals surface area contributed by atoms with Crippen molar-refractivity contribution < 1.29 is 4.74 Å². The zero-order chi connectivity index (χ0) is 13.1. The monoisotopic (exact) mass is 268 g/mol. The van der Waals surface area contributed by atoms with Crippen molar-refractivity contribution in [2.45, 2.75) is 19.4 Å². The Morgan fingerprint density at radius 1 is 1.50 bits per heavy atom. The highest BCUT2D eigenvalue weighted by molar-refractivity contribution is 6.32. The predicted octanol–water partition coefficient (Wildman–Crippen LogP) is 2.78. The molecule has 1 aromatic carbocycles. The fraction of sp³-hybridized carbons (Fsp3) is 0.571. The van der Waals surface area contributed by atoms with Crippen LogP contribution in [-0.2, 0) is 0 Å². The molecule has 1 fully saturated rings. The molecule has 1 aromatic rings. The van der Waals surface area contributed by atoms with Gasteiger partial charge in [-0.1, -0.05) is 11.6 Å². The number of rotatable bonds is 4. The smallest absolute Gasteiger partial charge is 0.137 e. The molecule has 0 spiro atoms. The van der Waals surface area contributed by atoms with E-state index in [1.54, 1.807) is 7.11 Å². The minimum Gasteiger partial charge on any atom is -0.495 e. The van der Waals surface area contributed by atoms with Crippen molar-refractivity contribution in [3.8, 4) is 5.75 Å². The van der Waals surface area contributed by atoms with Crippen molar-refractivity contribution in [1.82, 2.24) is 5.32 Å². The third-order valence-corrected chi connectivity index (χ3v) is 4.14. The lowest BCUT2D eigenvalue weighted by molar-refractivity contribution is 0.415. The number of ether oxygens (including phenoxy) is 1. The van der Waals surface area contributed by atoms with Crippen LogP contribution in [0.2, 0.25) is 5.02 Å². The van der Waals surface area contributed by atoms with Gasteiger partial charge in [0.1, 0.15) is 5.75 Å². The van der Waals surface area contributed by atoms with Crippen molar-refractivity contribution in [3.63, 3.8) is 0 Å². The van der Waals surface area contributed by atoms with Crippen molar-refractivity contribution in [3.05, 3.63) is 23.2 Å². The average Bonchev–Trinajstić information content (AvgIpc) is 2.72. The van der Waals surface area contributed by atoms with Gasteiger partial charge in [-0.05, 0) is 51.1 Å². The summed E-state index contributed by atoms with van der Waals surface area (Å²) >= 11 is 6.19. The highest BCUT2D eigenvalue weighted by Crippen LogP contribution is 2.34. The van der Waals surface area contributed by atoms with E-state index in [9.17, 15) is 0 Å². The largest absolute Gasteiger partial charge is 0.495 e. The molecule has 0 saturated carbocycles. The van der Waals surface area contributed by atoms with Gasteiger partial charge in [-0.15, -0.1) is 0 Å². The second-order valence-electron chi connectivity index (χ2n) is 4.86. The van der Waals surface area contributed by atoms with E-state index in [0.29, 0.717) is 17.0 Å². The molecule has 100 valence electrons. The molecule has 2 rings (SSSR count). The third kappa shape index (κ3) is 2.57. The van der Waals surface area contributed by atoms with Crippen LogP contribution in [0.3, 0.4) is 0 Å². The molecular formula is C14H21ClN2O. The van der Waals surface area contributed by atoms with Crippen LogP contribution in [0.15, 0.2) is 18.2 Å². The summed E-state index contributed by atoms with van der Waals surface area (Å²) in [5.74, 6) is 1.44. The fourth-order valence-electron chi connectivity index (χ4n) is 2.74. The molecule has 0 aliphatic carbocycles. The molecule has 4 heteroatoms. The quantitative estimate of drug-likeness (QED) is 0.909. The molecule has 0 aromatic heterocycles. The second-order valence-corrected chi connectivity index (χ2v) is 5.27. The molecule has 1 saturated heterocycles. The van der Waals surface area contributed by atoms with Crippen LogP contribution in [0.25, 0.3) is 0 Å². The first-order valence-corrected chi connectivity index (χ1v) is 6.80. The van der Waals surface area contributed by atoms with Crippen LogP contribution in [0.4, 0.5) is 5.69 Å². The lowest BCUT2D eigenvalue weighted by Gasteiger charge is -2.27. The highest BCUT2D eigenvalue weighted by Gasteiger charge is 2.30. The van der Waals surface area contributed by atoms with Gasteiger partial charge in [0, 0.05) is 18.3 Å². The third-order valence-electron chi connectivity index (χ3n) is 3.85. The van der Waals surface area contributed by atoms with Gasteiger partial charge >= 0.3 is 0 Å². The predicted molar refractivity (Wildman–Crippen MR) is 76.8 cm³/mol. The summed E-state index contributed by atoms with van der Waals surface area (Å²) in [6, 6.07) is 6.57. The number of benzene rings is 1. The van der Waals surface area contributed by atoms with Crippen molar-refractivity contribution >= 4 is 17.3 Å². The van der Waals surface area contributed by atoms with Crippen LogP contribution in [0, 0.1) is 5.92 Å². The molecule has 1 aliphatic rings. The molecule has 2 unspecified atom stereocenters. The lowest BCUT2D eigenvalue weighted by atomic mass is 10.0. The minimum absolute atomic E-state index is 0.543. The Morgan fingerprint density at radius 3 is 2.89 bits per heavy atom. The van der Waals surface area contributed by atoms with Gasteiger partial charge in [-0.2, -0.15) is 0 Å². The van der Waals surface area contributed by atoms with Gasteiger partial charge in [0.05, 0.1) is 12.1 Å². The molecule has 3 nitrogen and oxygen atoms in total. The van der Waals surface area contributed by atoms with Gasteiger partial charge in [0.25, 0.3) is 0 Å². The Bertz CT molecular complexity index is 411. The summed E-state index contributed by atoms with van der Waals surface area (Å²) in [6.45, 7) is 4.45. The van der Waals surface area contributed by atoms with Gasteiger partial charge in [0.15, 0.2) is 0 Å². The highest BCUT2D eigenvalue weighted by atomic mass is 35.5. The van der Waals surface area contributed by atoms with Crippen molar-refractivity contribution in [1.29, 1.82) is 0 Å². The maximum Gasteiger partial charge on any atom is 0.137 e. The van der Waals surface area contributed by atoms with E-state index >= 15 is 0 Å². The fourth-order valence-corrected chi connectivity index (χ4v) is 2.99. The van der Waals surface area contributed by atoms with E-state index in [2.05, 4.69) is 23.2 Å². The molecule has 1 heterocycles.